The van der Waals surface area contributed by atoms with Crippen molar-refractivity contribution in [3.05, 3.63) is 18.1 Å². The third-order valence-corrected chi connectivity index (χ3v) is 4.79. The van der Waals surface area contributed by atoms with Gasteiger partial charge in [0.15, 0.2) is 11.4 Å². The van der Waals surface area contributed by atoms with Crippen molar-refractivity contribution in [1.82, 2.24) is 14.6 Å². The summed E-state index contributed by atoms with van der Waals surface area (Å²) in [5.41, 5.74) is -0.302. The Bertz CT molecular complexity index is 763. The highest BCUT2D eigenvalue weighted by molar-refractivity contribution is 6.64. The van der Waals surface area contributed by atoms with Gasteiger partial charge in [-0.25, -0.2) is 9.50 Å². The van der Waals surface area contributed by atoms with E-state index in [1.54, 1.807) is 30.8 Å². The summed E-state index contributed by atoms with van der Waals surface area (Å²) in [5, 5.41) is 14.7. The molecule has 7 nitrogen and oxygen atoms in total. The SMILES string of the molecule is COc1cn2ncc(B3OC(C)(C)C(C)(C)O3)c2nc1C(C)(C)O. The van der Waals surface area contributed by atoms with Gasteiger partial charge in [0.2, 0.25) is 0 Å². The highest BCUT2D eigenvalue weighted by atomic mass is 16.7. The van der Waals surface area contributed by atoms with Crippen molar-refractivity contribution in [2.24, 2.45) is 0 Å². The van der Waals surface area contributed by atoms with Crippen molar-refractivity contribution in [3.8, 4) is 5.75 Å². The second kappa shape index (κ2) is 5.18. The van der Waals surface area contributed by atoms with Crippen LogP contribution in [-0.2, 0) is 14.9 Å². The van der Waals surface area contributed by atoms with Crippen molar-refractivity contribution in [1.29, 1.82) is 0 Å². The lowest BCUT2D eigenvalue weighted by Gasteiger charge is -2.32. The summed E-state index contributed by atoms with van der Waals surface area (Å²) in [6.07, 6.45) is 3.38. The van der Waals surface area contributed by atoms with Gasteiger partial charge in [0, 0.05) is 5.46 Å². The van der Waals surface area contributed by atoms with Gasteiger partial charge in [-0.15, -0.1) is 0 Å². The fourth-order valence-electron chi connectivity index (χ4n) is 2.64. The summed E-state index contributed by atoms with van der Waals surface area (Å²) in [7, 11) is 0.972. The van der Waals surface area contributed by atoms with Gasteiger partial charge in [-0.3, -0.25) is 0 Å². The largest absolute Gasteiger partial charge is 0.500 e. The Morgan fingerprint density at radius 3 is 2.29 bits per heavy atom. The number of fused-ring (bicyclic) bond motifs is 1. The molecule has 0 unspecified atom stereocenters. The molecule has 2 aromatic heterocycles. The molecule has 0 aliphatic carbocycles. The molecule has 130 valence electrons. The summed E-state index contributed by atoms with van der Waals surface area (Å²) in [5.74, 6) is 0.471. The van der Waals surface area contributed by atoms with Crippen LogP contribution < -0.4 is 10.2 Å². The monoisotopic (exact) mass is 333 g/mol. The molecule has 1 saturated heterocycles. The van der Waals surface area contributed by atoms with Crippen molar-refractivity contribution >= 4 is 18.2 Å². The number of hydrogen-bond acceptors (Lipinski definition) is 6. The van der Waals surface area contributed by atoms with Crippen molar-refractivity contribution in [3.63, 3.8) is 0 Å². The minimum Gasteiger partial charge on any atom is -0.493 e. The van der Waals surface area contributed by atoms with Gasteiger partial charge in [0.1, 0.15) is 11.3 Å². The first-order chi connectivity index (χ1) is 11.0. The first kappa shape index (κ1) is 17.2. The third-order valence-electron chi connectivity index (χ3n) is 4.79. The van der Waals surface area contributed by atoms with E-state index < -0.39 is 23.9 Å². The zero-order valence-corrected chi connectivity index (χ0v) is 15.2. The van der Waals surface area contributed by atoms with E-state index in [0.29, 0.717) is 17.1 Å². The lowest BCUT2D eigenvalue weighted by molar-refractivity contribution is 0.00578. The van der Waals surface area contributed by atoms with Crippen LogP contribution in [0.2, 0.25) is 0 Å². The molecule has 8 heteroatoms. The molecule has 3 heterocycles. The number of ether oxygens (including phenoxy) is 1. The molecule has 0 aromatic carbocycles. The Hall–Kier alpha value is -1.64. The maximum absolute atomic E-state index is 10.4. The van der Waals surface area contributed by atoms with Crippen molar-refractivity contribution in [2.75, 3.05) is 7.11 Å². The maximum atomic E-state index is 10.4. The molecule has 0 spiro atoms. The number of aliphatic hydroxyl groups is 1. The van der Waals surface area contributed by atoms with E-state index in [-0.39, 0.29) is 0 Å². The molecule has 1 aliphatic rings. The minimum absolute atomic E-state index is 0.441. The highest BCUT2D eigenvalue weighted by Crippen LogP contribution is 2.37. The van der Waals surface area contributed by atoms with Gasteiger partial charge in [-0.2, -0.15) is 5.10 Å². The molecule has 0 radical (unpaired) electrons. The summed E-state index contributed by atoms with van der Waals surface area (Å²) in [6.45, 7) is 11.3. The summed E-state index contributed by atoms with van der Waals surface area (Å²) >= 11 is 0. The summed E-state index contributed by atoms with van der Waals surface area (Å²) < 4.78 is 19.1. The molecular formula is C16H24BN3O4. The molecule has 0 amide bonds. The van der Waals surface area contributed by atoms with E-state index in [0.717, 1.165) is 5.46 Å². The fourth-order valence-corrected chi connectivity index (χ4v) is 2.64. The van der Waals surface area contributed by atoms with Crippen LogP contribution in [0.15, 0.2) is 12.4 Å². The highest BCUT2D eigenvalue weighted by Gasteiger charge is 2.52. The normalized spacial score (nSPS) is 19.9. The van der Waals surface area contributed by atoms with Crippen LogP contribution in [0, 0.1) is 0 Å². The Labute approximate surface area is 142 Å². The number of hydrogen-bond donors (Lipinski definition) is 1. The molecule has 0 saturated carbocycles. The summed E-state index contributed by atoms with van der Waals surface area (Å²) in [4.78, 5) is 4.58. The molecule has 24 heavy (non-hydrogen) atoms. The molecule has 2 aromatic rings. The van der Waals surface area contributed by atoms with Gasteiger partial charge in [-0.1, -0.05) is 0 Å². The second-order valence-electron chi connectivity index (χ2n) is 7.67. The molecule has 0 bridgehead atoms. The Morgan fingerprint density at radius 1 is 1.21 bits per heavy atom. The molecule has 3 rings (SSSR count). The fraction of sp³-hybridized carbons (Fsp3) is 0.625. The van der Waals surface area contributed by atoms with E-state index in [1.807, 2.05) is 27.7 Å². The molecule has 1 aliphatic heterocycles. The van der Waals surface area contributed by atoms with E-state index in [1.165, 1.54) is 7.11 Å². The van der Waals surface area contributed by atoms with Crippen molar-refractivity contribution in [2.45, 2.75) is 58.3 Å². The van der Waals surface area contributed by atoms with E-state index in [9.17, 15) is 5.11 Å². The predicted octanol–water partition coefficient (Wildman–Crippen LogP) is 1.26. The average Bonchev–Trinajstić information content (AvgIpc) is 2.94. The topological polar surface area (TPSA) is 78.1 Å². The minimum atomic E-state index is -1.15. The van der Waals surface area contributed by atoms with Crippen LogP contribution in [0.4, 0.5) is 0 Å². The Morgan fingerprint density at radius 2 is 1.79 bits per heavy atom. The standard InChI is InChI=1S/C16H24BN3O4/c1-14(2,21)12-11(22-7)9-20-13(19-12)10(8-18-20)17-23-15(3,4)16(5,6)24-17/h8-9,21H,1-7H3. The molecular weight excluding hydrogens is 309 g/mol. The first-order valence-electron chi connectivity index (χ1n) is 7.97. The second-order valence-corrected chi connectivity index (χ2v) is 7.67. The van der Waals surface area contributed by atoms with Crippen LogP contribution in [0.3, 0.4) is 0 Å². The molecule has 0 atom stereocenters. The maximum Gasteiger partial charge on any atom is 0.500 e. The lowest BCUT2D eigenvalue weighted by atomic mass is 9.81. The Balaban J connectivity index is 2.11. The van der Waals surface area contributed by atoms with E-state index >= 15 is 0 Å². The van der Waals surface area contributed by atoms with Gasteiger partial charge < -0.3 is 19.2 Å². The number of rotatable bonds is 3. The zero-order chi connectivity index (χ0) is 17.9. The van der Waals surface area contributed by atoms with Gasteiger partial charge in [0.05, 0.1) is 30.7 Å². The smallest absolute Gasteiger partial charge is 0.493 e. The van der Waals surface area contributed by atoms with E-state index in [4.69, 9.17) is 14.0 Å². The average molecular weight is 333 g/mol. The first-order valence-corrected chi connectivity index (χ1v) is 7.97. The van der Waals surface area contributed by atoms with Gasteiger partial charge >= 0.3 is 7.12 Å². The van der Waals surface area contributed by atoms with Crippen LogP contribution in [-0.4, -0.2) is 45.1 Å². The molecule has 1 fully saturated rings. The number of nitrogens with zero attached hydrogens (tertiary/aromatic N) is 3. The Kier molecular flexibility index (Phi) is 3.71. The van der Waals surface area contributed by atoms with Crippen LogP contribution in [0.5, 0.6) is 5.75 Å². The zero-order valence-electron chi connectivity index (χ0n) is 15.2. The van der Waals surface area contributed by atoms with Crippen LogP contribution in [0.1, 0.15) is 47.2 Å². The molecule has 1 N–H and O–H groups in total. The third kappa shape index (κ3) is 2.58. The lowest BCUT2D eigenvalue weighted by Crippen LogP contribution is -2.41. The quantitative estimate of drug-likeness (QED) is 0.852. The van der Waals surface area contributed by atoms with Crippen LogP contribution in [0.25, 0.3) is 5.65 Å². The predicted molar refractivity (Wildman–Crippen MR) is 90.5 cm³/mol. The van der Waals surface area contributed by atoms with Gasteiger partial charge in [-0.05, 0) is 41.5 Å². The van der Waals surface area contributed by atoms with Gasteiger partial charge in [0.25, 0.3) is 0 Å². The number of methoxy groups -OCH3 is 1. The van der Waals surface area contributed by atoms with Crippen LogP contribution >= 0.6 is 0 Å². The van der Waals surface area contributed by atoms with E-state index in [2.05, 4.69) is 10.1 Å². The van der Waals surface area contributed by atoms with Crippen molar-refractivity contribution < 1.29 is 19.2 Å². The summed E-state index contributed by atoms with van der Waals surface area (Å²) in [6, 6.07) is 0. The number of aromatic nitrogens is 3.